The maximum absolute atomic E-state index is 12.4. The van der Waals surface area contributed by atoms with Crippen molar-refractivity contribution in [2.75, 3.05) is 12.4 Å². The molecule has 3 rings (SSSR count). The zero-order valence-corrected chi connectivity index (χ0v) is 15.3. The normalized spacial score (nSPS) is 10.9. The zero-order valence-electron chi connectivity index (χ0n) is 14.6. The Bertz CT molecular complexity index is 1170. The van der Waals surface area contributed by atoms with E-state index in [4.69, 9.17) is 25.9 Å². The number of carboxylic acids is 1. The predicted molar refractivity (Wildman–Crippen MR) is 105 cm³/mol. The number of hydrogen-bond acceptors (Lipinski definition) is 5. The lowest BCUT2D eigenvalue weighted by Gasteiger charge is -2.10. The lowest BCUT2D eigenvalue weighted by molar-refractivity contribution is -0.111. The number of rotatable bonds is 5. The van der Waals surface area contributed by atoms with Crippen molar-refractivity contribution in [2.24, 2.45) is 0 Å². The van der Waals surface area contributed by atoms with Gasteiger partial charge in [-0.1, -0.05) is 23.7 Å². The number of methoxy groups -OCH3 is 1. The summed E-state index contributed by atoms with van der Waals surface area (Å²) < 4.78 is 10.4. The van der Waals surface area contributed by atoms with Crippen molar-refractivity contribution in [3.8, 4) is 5.75 Å². The molecule has 142 valence electrons. The Morgan fingerprint density at radius 2 is 2.00 bits per heavy atom. The lowest BCUT2D eigenvalue weighted by atomic mass is 10.1. The topological polar surface area (TPSA) is 106 Å². The van der Waals surface area contributed by atoms with Gasteiger partial charge >= 0.3 is 5.97 Å². The van der Waals surface area contributed by atoms with Crippen LogP contribution in [0.25, 0.3) is 17.0 Å². The van der Waals surface area contributed by atoms with Gasteiger partial charge in [-0.3, -0.25) is 9.59 Å². The minimum atomic E-state index is -1.21. The summed E-state index contributed by atoms with van der Waals surface area (Å²) in [5.74, 6) is -1.73. The maximum Gasteiger partial charge on any atom is 0.339 e. The monoisotopic (exact) mass is 399 g/mol. The van der Waals surface area contributed by atoms with E-state index in [0.717, 1.165) is 6.08 Å². The largest absolute Gasteiger partial charge is 0.496 e. The smallest absolute Gasteiger partial charge is 0.339 e. The molecule has 0 atom stereocenters. The highest BCUT2D eigenvalue weighted by atomic mass is 35.5. The summed E-state index contributed by atoms with van der Waals surface area (Å²) in [4.78, 5) is 35.8. The fourth-order valence-corrected chi connectivity index (χ4v) is 2.74. The molecule has 0 fully saturated rings. The van der Waals surface area contributed by atoms with E-state index in [1.807, 2.05) is 0 Å². The minimum Gasteiger partial charge on any atom is -0.496 e. The number of anilines is 1. The molecule has 0 aliphatic heterocycles. The van der Waals surface area contributed by atoms with E-state index in [2.05, 4.69) is 5.32 Å². The van der Waals surface area contributed by atoms with Gasteiger partial charge in [-0.05, 0) is 24.3 Å². The molecular formula is C20H14ClNO6. The number of benzene rings is 2. The number of nitrogens with one attached hydrogen (secondary N) is 1. The lowest BCUT2D eigenvalue weighted by Crippen LogP contribution is -2.10. The Labute approximate surface area is 163 Å². The Kier molecular flexibility index (Phi) is 5.47. The highest BCUT2D eigenvalue weighted by molar-refractivity contribution is 6.34. The number of aromatic carboxylic acids is 1. The van der Waals surface area contributed by atoms with E-state index >= 15 is 0 Å². The summed E-state index contributed by atoms with van der Waals surface area (Å²) in [6, 6.07) is 9.27. The van der Waals surface area contributed by atoms with E-state index in [1.54, 1.807) is 24.3 Å². The van der Waals surface area contributed by atoms with Crippen LogP contribution < -0.4 is 15.5 Å². The highest BCUT2D eigenvalue weighted by Crippen LogP contribution is 2.31. The van der Waals surface area contributed by atoms with Crippen LogP contribution in [-0.2, 0) is 4.79 Å². The van der Waals surface area contributed by atoms with Gasteiger partial charge in [0.05, 0.1) is 28.8 Å². The molecule has 8 heteroatoms. The standard InChI is InChI=1S/C20H14ClNO6/c1-27-17-9-15(14(21)8-13(17)20(25)26)22-18(23)7-6-11-10-28-16-5-3-2-4-12(16)19(11)24/h2-10H,1H3,(H,22,23)(H,25,26)/b7-6+. The molecule has 0 unspecified atom stereocenters. The van der Waals surface area contributed by atoms with Crippen LogP contribution in [0.5, 0.6) is 5.75 Å². The third-order valence-corrected chi connectivity index (χ3v) is 4.21. The zero-order chi connectivity index (χ0) is 20.3. The number of carbonyl (C=O) groups excluding carboxylic acids is 1. The summed E-state index contributed by atoms with van der Waals surface area (Å²) in [5.41, 5.74) is 0.431. The number of carbonyl (C=O) groups is 2. The molecule has 2 N–H and O–H groups in total. The average molecular weight is 400 g/mol. The average Bonchev–Trinajstić information content (AvgIpc) is 2.68. The Hall–Kier alpha value is -3.58. The maximum atomic E-state index is 12.4. The van der Waals surface area contributed by atoms with Crippen LogP contribution in [0.4, 0.5) is 5.69 Å². The van der Waals surface area contributed by atoms with Gasteiger partial charge in [-0.25, -0.2) is 4.79 Å². The van der Waals surface area contributed by atoms with Gasteiger partial charge in [-0.15, -0.1) is 0 Å². The van der Waals surface area contributed by atoms with Crippen molar-refractivity contribution < 1.29 is 23.8 Å². The van der Waals surface area contributed by atoms with Crippen LogP contribution in [0, 0.1) is 0 Å². The molecule has 28 heavy (non-hydrogen) atoms. The number of fused-ring (bicyclic) bond motifs is 1. The van der Waals surface area contributed by atoms with Gasteiger partial charge in [0, 0.05) is 12.1 Å². The number of hydrogen-bond donors (Lipinski definition) is 2. The van der Waals surface area contributed by atoms with Crippen LogP contribution >= 0.6 is 11.6 Å². The first kappa shape index (κ1) is 19.2. The molecule has 0 aliphatic carbocycles. The van der Waals surface area contributed by atoms with E-state index in [0.29, 0.717) is 11.0 Å². The van der Waals surface area contributed by atoms with Crippen molar-refractivity contribution in [3.63, 3.8) is 0 Å². The fourth-order valence-electron chi connectivity index (χ4n) is 2.53. The molecule has 0 bridgehead atoms. The van der Waals surface area contributed by atoms with Crippen molar-refractivity contribution in [1.82, 2.24) is 0 Å². The number of halogens is 1. The van der Waals surface area contributed by atoms with Crippen molar-refractivity contribution in [2.45, 2.75) is 0 Å². The molecule has 0 aliphatic rings. The summed E-state index contributed by atoms with van der Waals surface area (Å²) in [6.07, 6.45) is 3.74. The Morgan fingerprint density at radius 3 is 2.71 bits per heavy atom. The number of ether oxygens (including phenoxy) is 1. The van der Waals surface area contributed by atoms with E-state index in [9.17, 15) is 14.4 Å². The van der Waals surface area contributed by atoms with Crippen molar-refractivity contribution in [1.29, 1.82) is 0 Å². The summed E-state index contributed by atoms with van der Waals surface area (Å²) in [7, 11) is 1.31. The van der Waals surface area contributed by atoms with E-state index in [-0.39, 0.29) is 33.0 Å². The molecule has 0 saturated heterocycles. The molecule has 0 saturated carbocycles. The van der Waals surface area contributed by atoms with Gasteiger partial charge in [0.25, 0.3) is 0 Å². The third-order valence-electron chi connectivity index (χ3n) is 3.90. The van der Waals surface area contributed by atoms with Crippen LogP contribution in [-0.4, -0.2) is 24.1 Å². The van der Waals surface area contributed by atoms with E-state index in [1.165, 1.54) is 31.6 Å². The first-order valence-electron chi connectivity index (χ1n) is 8.01. The summed E-state index contributed by atoms with van der Waals surface area (Å²) in [6.45, 7) is 0. The van der Waals surface area contributed by atoms with Crippen LogP contribution in [0.1, 0.15) is 15.9 Å². The second-order valence-electron chi connectivity index (χ2n) is 5.68. The predicted octanol–water partition coefficient (Wildman–Crippen LogP) is 3.81. The third kappa shape index (κ3) is 3.89. The first-order chi connectivity index (χ1) is 13.4. The number of amides is 1. The number of carboxylic acid groups (broad SMARTS) is 1. The second-order valence-corrected chi connectivity index (χ2v) is 6.08. The van der Waals surface area contributed by atoms with Gasteiger partial charge in [0.2, 0.25) is 5.91 Å². The molecule has 0 radical (unpaired) electrons. The molecule has 7 nitrogen and oxygen atoms in total. The second kappa shape index (κ2) is 7.98. The molecule has 3 aromatic rings. The quantitative estimate of drug-likeness (QED) is 0.632. The number of para-hydroxylation sites is 1. The minimum absolute atomic E-state index is 0.0326. The SMILES string of the molecule is COc1cc(NC(=O)/C=C/c2coc3ccccc3c2=O)c(Cl)cc1C(=O)O. The van der Waals surface area contributed by atoms with Crippen LogP contribution in [0.2, 0.25) is 5.02 Å². The molecule has 2 aromatic carbocycles. The summed E-state index contributed by atoms with van der Waals surface area (Å²) >= 11 is 6.03. The van der Waals surface area contributed by atoms with Crippen molar-refractivity contribution in [3.05, 3.63) is 75.1 Å². The molecule has 0 spiro atoms. The first-order valence-corrected chi connectivity index (χ1v) is 8.39. The molecule has 1 amide bonds. The molecule has 1 aromatic heterocycles. The van der Waals surface area contributed by atoms with Crippen LogP contribution in [0.15, 0.2) is 57.9 Å². The molecular weight excluding hydrogens is 386 g/mol. The fraction of sp³-hybridized carbons (Fsp3) is 0.0500. The Balaban J connectivity index is 1.84. The molecule has 1 heterocycles. The Morgan fingerprint density at radius 1 is 1.25 bits per heavy atom. The van der Waals surface area contributed by atoms with Gasteiger partial charge in [0.1, 0.15) is 23.2 Å². The van der Waals surface area contributed by atoms with Gasteiger partial charge < -0.3 is 19.6 Å². The van der Waals surface area contributed by atoms with Gasteiger partial charge in [-0.2, -0.15) is 0 Å². The summed E-state index contributed by atoms with van der Waals surface area (Å²) in [5, 5.41) is 12.1. The van der Waals surface area contributed by atoms with E-state index < -0.39 is 11.9 Å². The highest BCUT2D eigenvalue weighted by Gasteiger charge is 2.15. The van der Waals surface area contributed by atoms with Gasteiger partial charge in [0.15, 0.2) is 5.43 Å². The van der Waals surface area contributed by atoms with Crippen molar-refractivity contribution >= 4 is 46.2 Å². The van der Waals surface area contributed by atoms with Crippen LogP contribution in [0.3, 0.4) is 0 Å².